The standard InChI is InChI=1S/C5H8N2/c1-5-3-4-6-7(5)2/h3-4H,1-2H3/i2D3. The average Bonchev–Trinajstić information content (AvgIpc) is 2.11. The van der Waals surface area contributed by atoms with Crippen LogP contribution in [-0.4, -0.2) is 9.78 Å². The first-order chi connectivity index (χ1) is 4.52. The van der Waals surface area contributed by atoms with E-state index in [9.17, 15) is 0 Å². The molecule has 1 rings (SSSR count). The maximum Gasteiger partial charge on any atom is 0.0492 e. The van der Waals surface area contributed by atoms with Crippen molar-refractivity contribution in [2.45, 2.75) is 6.92 Å². The highest BCUT2D eigenvalue weighted by molar-refractivity contribution is 4.94. The smallest absolute Gasteiger partial charge is 0.0492 e. The van der Waals surface area contributed by atoms with Crippen LogP contribution in [0.3, 0.4) is 0 Å². The van der Waals surface area contributed by atoms with Crippen LogP contribution in [0.5, 0.6) is 0 Å². The van der Waals surface area contributed by atoms with Crippen LogP contribution in [0.25, 0.3) is 0 Å². The molecular formula is C5H8N2. The van der Waals surface area contributed by atoms with Crippen LogP contribution >= 0.6 is 0 Å². The first kappa shape index (κ1) is 1.99. The normalized spacial score (nSPS) is 17.6. The molecule has 0 aromatic carbocycles. The lowest BCUT2D eigenvalue weighted by molar-refractivity contribution is 0.740. The molecule has 0 bridgehead atoms. The third-order valence-electron chi connectivity index (χ3n) is 0.832. The molecule has 0 N–H and O–H groups in total. The predicted octanol–water partition coefficient (Wildman–Crippen LogP) is 0.729. The number of aryl methyl sites for hydroxylation is 2. The lowest BCUT2D eigenvalue weighted by atomic mass is 10.5. The van der Waals surface area contributed by atoms with Crippen molar-refractivity contribution in [3.63, 3.8) is 0 Å². The van der Waals surface area contributed by atoms with Gasteiger partial charge < -0.3 is 0 Å². The molecule has 0 saturated heterocycles. The minimum Gasteiger partial charge on any atom is -0.273 e. The van der Waals surface area contributed by atoms with Gasteiger partial charge in [-0.25, -0.2) is 0 Å². The van der Waals surface area contributed by atoms with Gasteiger partial charge in [-0.3, -0.25) is 4.68 Å². The summed E-state index contributed by atoms with van der Waals surface area (Å²) >= 11 is 0. The van der Waals surface area contributed by atoms with E-state index in [2.05, 4.69) is 5.10 Å². The second kappa shape index (κ2) is 1.37. The molecule has 7 heavy (non-hydrogen) atoms. The molecule has 0 fully saturated rings. The Kier molecular flexibility index (Phi) is 0.389. The van der Waals surface area contributed by atoms with Crippen LogP contribution in [0.4, 0.5) is 0 Å². The summed E-state index contributed by atoms with van der Waals surface area (Å²) in [4.78, 5) is 0. The molecule has 0 atom stereocenters. The Morgan fingerprint density at radius 1 is 2.00 bits per heavy atom. The van der Waals surface area contributed by atoms with Gasteiger partial charge in [0.05, 0.1) is 0 Å². The fourth-order valence-electron chi connectivity index (χ4n) is 0.370. The molecule has 0 unspecified atom stereocenters. The zero-order valence-electron chi connectivity index (χ0n) is 7.05. The summed E-state index contributed by atoms with van der Waals surface area (Å²) in [6, 6.07) is 1.66. The van der Waals surface area contributed by atoms with Gasteiger partial charge in [-0.2, -0.15) is 5.10 Å². The fourth-order valence-corrected chi connectivity index (χ4v) is 0.370. The average molecular weight is 99.2 g/mol. The zero-order chi connectivity index (χ0) is 7.78. The van der Waals surface area contributed by atoms with Crippen LogP contribution in [0.1, 0.15) is 9.81 Å². The van der Waals surface area contributed by atoms with Crippen LogP contribution < -0.4 is 0 Å². The molecule has 38 valence electrons. The molecule has 1 aromatic heterocycles. The van der Waals surface area contributed by atoms with E-state index in [0.29, 0.717) is 5.69 Å². The predicted molar refractivity (Wildman–Crippen MR) is 27.9 cm³/mol. The second-order valence-corrected chi connectivity index (χ2v) is 1.38. The van der Waals surface area contributed by atoms with E-state index in [1.807, 2.05) is 0 Å². The molecule has 0 spiro atoms. The molecule has 2 heteroatoms. The summed E-state index contributed by atoms with van der Waals surface area (Å²) in [7, 11) is 0. The first-order valence-corrected chi connectivity index (χ1v) is 2.03. The number of hydrogen-bond donors (Lipinski definition) is 0. The van der Waals surface area contributed by atoms with Gasteiger partial charge in [0.25, 0.3) is 0 Å². The van der Waals surface area contributed by atoms with Crippen molar-refractivity contribution in [1.29, 1.82) is 0 Å². The van der Waals surface area contributed by atoms with Crippen LogP contribution in [0.2, 0.25) is 0 Å². The molecule has 0 aliphatic rings. The first-order valence-electron chi connectivity index (χ1n) is 3.53. The Bertz CT molecular complexity index is 225. The van der Waals surface area contributed by atoms with Gasteiger partial charge >= 0.3 is 0 Å². The Morgan fingerprint density at radius 2 is 2.86 bits per heavy atom. The maximum absolute atomic E-state index is 6.96. The lowest BCUT2D eigenvalue weighted by Crippen LogP contribution is -1.90. The van der Waals surface area contributed by atoms with Crippen molar-refractivity contribution >= 4 is 0 Å². The highest BCUT2D eigenvalue weighted by Crippen LogP contribution is 1.88. The van der Waals surface area contributed by atoms with Gasteiger partial charge in [-0.15, -0.1) is 0 Å². The minimum absolute atomic E-state index is 0.653. The van der Waals surface area contributed by atoms with Crippen molar-refractivity contribution in [1.82, 2.24) is 9.78 Å². The van der Waals surface area contributed by atoms with E-state index in [4.69, 9.17) is 4.11 Å². The maximum atomic E-state index is 6.96. The topological polar surface area (TPSA) is 17.8 Å². The Labute approximate surface area is 47.0 Å². The van der Waals surface area contributed by atoms with Crippen LogP contribution in [0, 0.1) is 6.92 Å². The molecule has 0 aliphatic heterocycles. The van der Waals surface area contributed by atoms with Crippen molar-refractivity contribution in [3.8, 4) is 0 Å². The minimum atomic E-state index is -2.13. The van der Waals surface area contributed by atoms with Gasteiger partial charge in [-0.05, 0) is 13.0 Å². The summed E-state index contributed by atoms with van der Waals surface area (Å²) in [6.07, 6.45) is 1.47. The number of hydrogen-bond acceptors (Lipinski definition) is 1. The van der Waals surface area contributed by atoms with E-state index in [1.165, 1.54) is 6.20 Å². The van der Waals surface area contributed by atoms with E-state index >= 15 is 0 Å². The SMILES string of the molecule is [2H]C([2H])([2H])n1nccc1C. The fraction of sp³-hybridized carbons (Fsp3) is 0.400. The summed E-state index contributed by atoms with van der Waals surface area (Å²) in [5.41, 5.74) is 0.653. The van der Waals surface area contributed by atoms with Gasteiger partial charge in [0.15, 0.2) is 0 Å². The van der Waals surface area contributed by atoms with Crippen molar-refractivity contribution in [3.05, 3.63) is 18.0 Å². The zero-order valence-corrected chi connectivity index (χ0v) is 4.05. The van der Waals surface area contributed by atoms with Gasteiger partial charge in [0, 0.05) is 23.0 Å². The molecule has 0 radical (unpaired) electrons. The Morgan fingerprint density at radius 3 is 3.14 bits per heavy atom. The molecule has 0 amide bonds. The summed E-state index contributed by atoms with van der Waals surface area (Å²) in [5, 5.41) is 3.64. The van der Waals surface area contributed by atoms with E-state index in [0.717, 1.165) is 4.68 Å². The number of nitrogens with zero attached hydrogens (tertiary/aromatic N) is 2. The van der Waals surface area contributed by atoms with Crippen molar-refractivity contribution < 1.29 is 4.11 Å². The van der Waals surface area contributed by atoms with E-state index < -0.39 is 6.98 Å². The molecule has 1 aromatic rings. The molecule has 0 saturated carbocycles. The number of aromatic nitrogens is 2. The summed E-state index contributed by atoms with van der Waals surface area (Å²) in [6.45, 7) is -0.424. The molecule has 1 heterocycles. The third kappa shape index (κ3) is 0.633. The van der Waals surface area contributed by atoms with E-state index in [-0.39, 0.29) is 0 Å². The van der Waals surface area contributed by atoms with Crippen molar-refractivity contribution in [2.75, 3.05) is 0 Å². The van der Waals surface area contributed by atoms with Gasteiger partial charge in [0.1, 0.15) is 0 Å². The van der Waals surface area contributed by atoms with Crippen LogP contribution in [0.15, 0.2) is 12.3 Å². The van der Waals surface area contributed by atoms with Gasteiger partial charge in [0.2, 0.25) is 0 Å². The van der Waals surface area contributed by atoms with Crippen LogP contribution in [-0.2, 0) is 6.98 Å². The molecule has 0 aliphatic carbocycles. The largest absolute Gasteiger partial charge is 0.273 e. The number of rotatable bonds is 0. The Hall–Kier alpha value is -0.790. The second-order valence-electron chi connectivity index (χ2n) is 1.38. The quantitative estimate of drug-likeness (QED) is 0.469. The monoisotopic (exact) mass is 99.1 g/mol. The highest BCUT2D eigenvalue weighted by Gasteiger charge is 1.83. The van der Waals surface area contributed by atoms with E-state index in [1.54, 1.807) is 13.0 Å². The summed E-state index contributed by atoms with van der Waals surface area (Å²) in [5.74, 6) is 0. The Balaban J connectivity index is 3.05. The van der Waals surface area contributed by atoms with Gasteiger partial charge in [-0.1, -0.05) is 0 Å². The van der Waals surface area contributed by atoms with Crippen molar-refractivity contribution in [2.24, 2.45) is 6.98 Å². The molecular weight excluding hydrogens is 88.1 g/mol. The molecule has 2 nitrogen and oxygen atoms in total. The summed E-state index contributed by atoms with van der Waals surface area (Å²) < 4.78 is 21.9. The highest BCUT2D eigenvalue weighted by atomic mass is 15.2. The lowest BCUT2D eigenvalue weighted by Gasteiger charge is -1.87. The third-order valence-corrected chi connectivity index (χ3v) is 0.832.